The second kappa shape index (κ2) is 6.61. The maximum Gasteiger partial charge on any atom is 0.258 e. The molecule has 4 aromatic rings. The van der Waals surface area contributed by atoms with E-state index in [4.69, 9.17) is 11.6 Å². The highest BCUT2D eigenvalue weighted by atomic mass is 35.5. The Balaban J connectivity index is 1.50. The van der Waals surface area contributed by atoms with Crippen LogP contribution in [0.5, 0.6) is 0 Å². The molecule has 4 rings (SSSR count). The van der Waals surface area contributed by atoms with Gasteiger partial charge >= 0.3 is 0 Å². The van der Waals surface area contributed by atoms with Crippen LogP contribution in [0.3, 0.4) is 0 Å². The van der Waals surface area contributed by atoms with Crippen LogP contribution >= 0.6 is 11.6 Å². The zero-order chi connectivity index (χ0) is 17.2. The van der Waals surface area contributed by atoms with E-state index in [0.717, 1.165) is 35.1 Å². The number of rotatable bonds is 4. The number of halogens is 1. The lowest BCUT2D eigenvalue weighted by atomic mass is 10.1. The summed E-state index contributed by atoms with van der Waals surface area (Å²) in [4.78, 5) is 27.7. The third-order valence-electron chi connectivity index (χ3n) is 4.19. The molecule has 0 aliphatic heterocycles. The first-order chi connectivity index (χ1) is 12.2. The number of aromatic nitrogens is 4. The van der Waals surface area contributed by atoms with E-state index in [-0.39, 0.29) is 5.56 Å². The smallest absolute Gasteiger partial charge is 0.258 e. The van der Waals surface area contributed by atoms with Crippen molar-refractivity contribution >= 4 is 33.4 Å². The van der Waals surface area contributed by atoms with Crippen LogP contribution in [-0.2, 0) is 12.8 Å². The zero-order valence-electron chi connectivity index (χ0n) is 13.4. The summed E-state index contributed by atoms with van der Waals surface area (Å²) in [6.07, 6.45) is 3.93. The van der Waals surface area contributed by atoms with Crippen LogP contribution in [0, 0.1) is 0 Å². The molecule has 0 saturated heterocycles. The lowest BCUT2D eigenvalue weighted by Crippen LogP contribution is -2.12. The largest absolute Gasteiger partial charge is 0.310 e. The van der Waals surface area contributed by atoms with E-state index in [1.54, 1.807) is 6.07 Å². The quantitative estimate of drug-likeness (QED) is 0.570. The van der Waals surface area contributed by atoms with Gasteiger partial charge in [0.05, 0.1) is 16.4 Å². The Labute approximate surface area is 148 Å². The van der Waals surface area contributed by atoms with Crippen molar-refractivity contribution in [1.82, 2.24) is 19.9 Å². The molecule has 5 nitrogen and oxygen atoms in total. The van der Waals surface area contributed by atoms with Gasteiger partial charge in [-0.25, -0.2) is 15.0 Å². The molecular formula is C19H15ClN4O. The minimum atomic E-state index is -0.0855. The standard InChI is InChI=1S/C19H15ClN4O/c20-18-13-9-8-12(10-16(13)21-11-22-18)4-3-7-17-23-15-6-2-1-5-14(15)19(25)24-17/h1-2,5-6,8-11H,3-4,7H2,(H,23,24,25). The highest BCUT2D eigenvalue weighted by molar-refractivity contribution is 6.34. The summed E-state index contributed by atoms with van der Waals surface area (Å²) in [6.45, 7) is 0. The summed E-state index contributed by atoms with van der Waals surface area (Å²) in [7, 11) is 0. The van der Waals surface area contributed by atoms with Gasteiger partial charge in [0.2, 0.25) is 0 Å². The fourth-order valence-corrected chi connectivity index (χ4v) is 3.14. The van der Waals surface area contributed by atoms with Crippen molar-refractivity contribution in [2.75, 3.05) is 0 Å². The second-order valence-electron chi connectivity index (χ2n) is 5.90. The van der Waals surface area contributed by atoms with E-state index in [0.29, 0.717) is 17.0 Å². The average Bonchev–Trinajstić information content (AvgIpc) is 2.62. The predicted octanol–water partition coefficient (Wildman–Crippen LogP) is 3.70. The van der Waals surface area contributed by atoms with Crippen molar-refractivity contribution in [3.05, 3.63) is 75.7 Å². The molecule has 0 spiro atoms. The summed E-state index contributed by atoms with van der Waals surface area (Å²) in [5.41, 5.74) is 2.66. The van der Waals surface area contributed by atoms with E-state index < -0.39 is 0 Å². The number of fused-ring (bicyclic) bond motifs is 2. The highest BCUT2D eigenvalue weighted by Gasteiger charge is 2.05. The van der Waals surface area contributed by atoms with Gasteiger partial charge in [0, 0.05) is 11.8 Å². The van der Waals surface area contributed by atoms with Crippen molar-refractivity contribution in [3.8, 4) is 0 Å². The summed E-state index contributed by atoms with van der Waals surface area (Å²) in [5, 5.41) is 1.94. The molecule has 1 N–H and O–H groups in total. The van der Waals surface area contributed by atoms with E-state index in [1.807, 2.05) is 36.4 Å². The van der Waals surface area contributed by atoms with E-state index in [1.165, 1.54) is 11.9 Å². The van der Waals surface area contributed by atoms with Gasteiger partial charge in [-0.3, -0.25) is 4.79 Å². The molecule has 6 heteroatoms. The van der Waals surface area contributed by atoms with Gasteiger partial charge in [-0.1, -0.05) is 29.8 Å². The Morgan fingerprint density at radius 3 is 2.76 bits per heavy atom. The zero-order valence-corrected chi connectivity index (χ0v) is 14.1. The lowest BCUT2D eigenvalue weighted by Gasteiger charge is -2.05. The minimum absolute atomic E-state index is 0.0855. The van der Waals surface area contributed by atoms with Crippen molar-refractivity contribution in [1.29, 1.82) is 0 Å². The first kappa shape index (κ1) is 15.7. The number of benzene rings is 2. The van der Waals surface area contributed by atoms with Gasteiger partial charge in [-0.15, -0.1) is 0 Å². The van der Waals surface area contributed by atoms with Crippen LogP contribution in [0.1, 0.15) is 17.8 Å². The first-order valence-corrected chi connectivity index (χ1v) is 8.45. The summed E-state index contributed by atoms with van der Waals surface area (Å²) < 4.78 is 0. The third-order valence-corrected chi connectivity index (χ3v) is 4.49. The molecule has 2 heterocycles. The van der Waals surface area contributed by atoms with Gasteiger partial charge < -0.3 is 4.98 Å². The molecule has 0 unspecified atom stereocenters. The van der Waals surface area contributed by atoms with Crippen molar-refractivity contribution in [2.45, 2.75) is 19.3 Å². The summed E-state index contributed by atoms with van der Waals surface area (Å²) >= 11 is 6.06. The topological polar surface area (TPSA) is 71.5 Å². The number of nitrogens with one attached hydrogen (secondary N) is 1. The Bertz CT molecular complexity index is 1120. The Morgan fingerprint density at radius 2 is 1.84 bits per heavy atom. The lowest BCUT2D eigenvalue weighted by molar-refractivity contribution is 0.772. The van der Waals surface area contributed by atoms with Crippen molar-refractivity contribution in [2.24, 2.45) is 0 Å². The second-order valence-corrected chi connectivity index (χ2v) is 6.26. The van der Waals surface area contributed by atoms with Crippen LogP contribution in [0.25, 0.3) is 21.8 Å². The number of hydrogen-bond acceptors (Lipinski definition) is 4. The van der Waals surface area contributed by atoms with Crippen LogP contribution in [0.15, 0.2) is 53.6 Å². The van der Waals surface area contributed by atoms with Crippen molar-refractivity contribution < 1.29 is 0 Å². The molecule has 0 radical (unpaired) electrons. The molecule has 0 saturated carbocycles. The number of aryl methyl sites for hydroxylation is 2. The van der Waals surface area contributed by atoms with Crippen LogP contribution < -0.4 is 5.56 Å². The first-order valence-electron chi connectivity index (χ1n) is 8.08. The van der Waals surface area contributed by atoms with Crippen LogP contribution in [-0.4, -0.2) is 19.9 Å². The van der Waals surface area contributed by atoms with E-state index >= 15 is 0 Å². The SMILES string of the molecule is O=c1[nH]c(CCCc2ccc3c(Cl)ncnc3c2)nc2ccccc12. The Morgan fingerprint density at radius 1 is 0.960 bits per heavy atom. The van der Waals surface area contributed by atoms with Gasteiger partial charge in [-0.2, -0.15) is 0 Å². The fourth-order valence-electron chi connectivity index (χ4n) is 2.94. The highest BCUT2D eigenvalue weighted by Crippen LogP contribution is 2.21. The molecule has 2 aromatic heterocycles. The summed E-state index contributed by atoms with van der Waals surface area (Å²) in [5.74, 6) is 0.717. The molecule has 0 aliphatic rings. The van der Waals surface area contributed by atoms with Gasteiger partial charge in [0.25, 0.3) is 5.56 Å². The summed E-state index contributed by atoms with van der Waals surface area (Å²) in [6, 6.07) is 13.4. The number of aromatic amines is 1. The minimum Gasteiger partial charge on any atom is -0.310 e. The molecule has 0 aliphatic carbocycles. The van der Waals surface area contributed by atoms with E-state index in [2.05, 4.69) is 19.9 Å². The molecular weight excluding hydrogens is 336 g/mol. The van der Waals surface area contributed by atoms with E-state index in [9.17, 15) is 4.79 Å². The Kier molecular flexibility index (Phi) is 4.15. The number of nitrogens with zero attached hydrogens (tertiary/aromatic N) is 3. The predicted molar refractivity (Wildman–Crippen MR) is 98.9 cm³/mol. The molecule has 0 fully saturated rings. The normalized spacial score (nSPS) is 11.2. The third kappa shape index (κ3) is 3.23. The van der Waals surface area contributed by atoms with Crippen LogP contribution in [0.4, 0.5) is 0 Å². The molecule has 124 valence electrons. The van der Waals surface area contributed by atoms with Crippen LogP contribution in [0.2, 0.25) is 5.15 Å². The number of para-hydroxylation sites is 1. The maximum atomic E-state index is 12.1. The molecule has 0 amide bonds. The Hall–Kier alpha value is -2.79. The molecule has 0 bridgehead atoms. The van der Waals surface area contributed by atoms with Crippen molar-refractivity contribution in [3.63, 3.8) is 0 Å². The van der Waals surface area contributed by atoms with Gasteiger partial charge in [0.15, 0.2) is 0 Å². The maximum absolute atomic E-state index is 12.1. The monoisotopic (exact) mass is 350 g/mol. The fraction of sp³-hybridized carbons (Fsp3) is 0.158. The average molecular weight is 351 g/mol. The number of H-pyrrole nitrogens is 1. The van der Waals surface area contributed by atoms with Gasteiger partial charge in [-0.05, 0) is 42.7 Å². The molecule has 2 aromatic carbocycles. The number of hydrogen-bond donors (Lipinski definition) is 1. The van der Waals surface area contributed by atoms with Gasteiger partial charge in [0.1, 0.15) is 17.3 Å². The molecule has 25 heavy (non-hydrogen) atoms. The molecule has 0 atom stereocenters.